The van der Waals surface area contributed by atoms with Crippen molar-refractivity contribution in [3.05, 3.63) is 0 Å². The SMILES string of the molecule is CO.O=C1CNC(=O)CN1. The third-order valence-electron chi connectivity index (χ3n) is 0.892. The Hall–Kier alpha value is -1.10. The first kappa shape index (κ1) is 8.90. The van der Waals surface area contributed by atoms with Crippen molar-refractivity contribution in [2.24, 2.45) is 0 Å². The molecule has 0 saturated carbocycles. The van der Waals surface area contributed by atoms with Crippen LogP contribution in [0.5, 0.6) is 0 Å². The van der Waals surface area contributed by atoms with E-state index in [1.807, 2.05) is 0 Å². The largest absolute Gasteiger partial charge is 0.400 e. The van der Waals surface area contributed by atoms with Crippen LogP contribution in [0.25, 0.3) is 0 Å². The summed E-state index contributed by atoms with van der Waals surface area (Å²) < 4.78 is 0. The van der Waals surface area contributed by atoms with Gasteiger partial charge in [-0.3, -0.25) is 9.59 Å². The Morgan fingerprint density at radius 1 is 1.10 bits per heavy atom. The second-order valence-corrected chi connectivity index (χ2v) is 1.55. The highest BCUT2D eigenvalue weighted by Crippen LogP contribution is 1.72. The van der Waals surface area contributed by atoms with Crippen molar-refractivity contribution in [2.45, 2.75) is 0 Å². The molecule has 1 heterocycles. The molecule has 3 N–H and O–H groups in total. The van der Waals surface area contributed by atoms with E-state index >= 15 is 0 Å². The molecule has 58 valence electrons. The van der Waals surface area contributed by atoms with Gasteiger partial charge in [0.15, 0.2) is 0 Å². The molecule has 1 aliphatic heterocycles. The third-order valence-corrected chi connectivity index (χ3v) is 0.892. The first-order valence-corrected chi connectivity index (χ1v) is 2.77. The fourth-order valence-corrected chi connectivity index (χ4v) is 0.483. The Bertz CT molecular complexity index is 107. The molecule has 10 heavy (non-hydrogen) atoms. The predicted molar refractivity (Wildman–Crippen MR) is 34.2 cm³/mol. The molecule has 1 fully saturated rings. The van der Waals surface area contributed by atoms with Crippen LogP contribution in [-0.4, -0.2) is 37.1 Å². The van der Waals surface area contributed by atoms with Gasteiger partial charge in [-0.1, -0.05) is 0 Å². The number of hydrogen-bond donors (Lipinski definition) is 3. The maximum atomic E-state index is 10.3. The highest BCUT2D eigenvalue weighted by molar-refractivity contribution is 5.92. The van der Waals surface area contributed by atoms with E-state index in [2.05, 4.69) is 10.6 Å². The van der Waals surface area contributed by atoms with Crippen molar-refractivity contribution in [2.75, 3.05) is 20.2 Å². The van der Waals surface area contributed by atoms with E-state index in [1.54, 1.807) is 0 Å². The van der Waals surface area contributed by atoms with Crippen LogP contribution in [0.15, 0.2) is 0 Å². The van der Waals surface area contributed by atoms with Crippen LogP contribution in [0.4, 0.5) is 0 Å². The molecular weight excluding hydrogens is 136 g/mol. The number of aliphatic hydroxyl groups excluding tert-OH is 1. The van der Waals surface area contributed by atoms with E-state index in [4.69, 9.17) is 5.11 Å². The summed E-state index contributed by atoms with van der Waals surface area (Å²) in [6.07, 6.45) is 0. The smallest absolute Gasteiger partial charge is 0.239 e. The lowest BCUT2D eigenvalue weighted by Gasteiger charge is -2.10. The third kappa shape index (κ3) is 3.03. The second-order valence-electron chi connectivity index (χ2n) is 1.55. The minimum Gasteiger partial charge on any atom is -0.400 e. The summed E-state index contributed by atoms with van der Waals surface area (Å²) >= 11 is 0. The van der Waals surface area contributed by atoms with E-state index in [0.717, 1.165) is 7.11 Å². The summed E-state index contributed by atoms with van der Waals surface area (Å²) in [6.45, 7) is 0.248. The number of carbonyl (C=O) groups is 2. The maximum Gasteiger partial charge on any atom is 0.239 e. The summed E-state index contributed by atoms with van der Waals surface area (Å²) in [5.74, 6) is -0.241. The van der Waals surface area contributed by atoms with Crippen molar-refractivity contribution in [1.29, 1.82) is 0 Å². The molecule has 2 amide bonds. The van der Waals surface area contributed by atoms with E-state index in [-0.39, 0.29) is 24.9 Å². The van der Waals surface area contributed by atoms with Crippen molar-refractivity contribution >= 4 is 11.8 Å². The average molecular weight is 146 g/mol. The van der Waals surface area contributed by atoms with Gasteiger partial charge in [0.25, 0.3) is 0 Å². The first-order chi connectivity index (χ1) is 4.79. The monoisotopic (exact) mass is 146 g/mol. The van der Waals surface area contributed by atoms with Crippen LogP contribution >= 0.6 is 0 Å². The van der Waals surface area contributed by atoms with Crippen LogP contribution in [-0.2, 0) is 9.59 Å². The van der Waals surface area contributed by atoms with Gasteiger partial charge in [0.2, 0.25) is 11.8 Å². The predicted octanol–water partition coefficient (Wildman–Crippen LogP) is -2.16. The first-order valence-electron chi connectivity index (χ1n) is 2.77. The fourth-order valence-electron chi connectivity index (χ4n) is 0.483. The molecule has 0 bridgehead atoms. The normalized spacial score (nSPS) is 16.2. The van der Waals surface area contributed by atoms with E-state index in [1.165, 1.54) is 0 Å². The molecular formula is C5H10N2O3. The molecule has 0 aromatic rings. The van der Waals surface area contributed by atoms with E-state index in [9.17, 15) is 9.59 Å². The van der Waals surface area contributed by atoms with Gasteiger partial charge in [-0.2, -0.15) is 0 Å². The average Bonchev–Trinajstić information content (AvgIpc) is 2.00. The summed E-state index contributed by atoms with van der Waals surface area (Å²) in [5.41, 5.74) is 0. The van der Waals surface area contributed by atoms with E-state index < -0.39 is 0 Å². The Labute approximate surface area is 58.4 Å². The van der Waals surface area contributed by atoms with Gasteiger partial charge in [0.05, 0.1) is 13.1 Å². The molecule has 0 aliphatic carbocycles. The minimum atomic E-state index is -0.121. The van der Waals surface area contributed by atoms with Gasteiger partial charge in [-0.25, -0.2) is 0 Å². The number of amides is 2. The van der Waals surface area contributed by atoms with E-state index in [0.29, 0.717) is 0 Å². The Balaban J connectivity index is 0.000000371. The number of rotatable bonds is 0. The summed E-state index contributed by atoms with van der Waals surface area (Å²) in [6, 6.07) is 0. The highest BCUT2D eigenvalue weighted by atomic mass is 16.2. The number of carbonyl (C=O) groups excluding carboxylic acids is 2. The zero-order valence-electron chi connectivity index (χ0n) is 5.68. The summed E-state index contributed by atoms with van der Waals surface area (Å²) in [5, 5.41) is 11.8. The molecule has 1 aliphatic rings. The Morgan fingerprint density at radius 3 is 1.60 bits per heavy atom. The van der Waals surface area contributed by atoms with Gasteiger partial charge < -0.3 is 15.7 Å². The molecule has 5 nitrogen and oxygen atoms in total. The van der Waals surface area contributed by atoms with Gasteiger partial charge >= 0.3 is 0 Å². The molecule has 1 rings (SSSR count). The highest BCUT2D eigenvalue weighted by Gasteiger charge is 2.11. The van der Waals surface area contributed by atoms with Gasteiger partial charge in [-0.05, 0) is 0 Å². The number of aliphatic hydroxyl groups is 1. The Morgan fingerprint density at radius 2 is 1.40 bits per heavy atom. The quantitative estimate of drug-likeness (QED) is 0.364. The van der Waals surface area contributed by atoms with Gasteiger partial charge in [0, 0.05) is 7.11 Å². The number of piperazine rings is 1. The molecule has 0 spiro atoms. The zero-order chi connectivity index (χ0) is 7.98. The van der Waals surface area contributed by atoms with Crippen LogP contribution < -0.4 is 10.6 Å². The molecule has 0 atom stereocenters. The lowest BCUT2D eigenvalue weighted by Crippen LogP contribution is -2.48. The van der Waals surface area contributed by atoms with Crippen LogP contribution in [0.2, 0.25) is 0 Å². The Kier molecular flexibility index (Phi) is 4.23. The maximum absolute atomic E-state index is 10.3. The molecule has 5 heteroatoms. The number of nitrogens with one attached hydrogen (secondary N) is 2. The molecule has 0 radical (unpaired) electrons. The van der Waals surface area contributed by atoms with Crippen molar-refractivity contribution in [1.82, 2.24) is 10.6 Å². The fraction of sp³-hybridized carbons (Fsp3) is 0.600. The van der Waals surface area contributed by atoms with Crippen LogP contribution in [0, 0.1) is 0 Å². The van der Waals surface area contributed by atoms with Crippen LogP contribution in [0.1, 0.15) is 0 Å². The molecule has 1 saturated heterocycles. The lowest BCUT2D eigenvalue weighted by molar-refractivity contribution is -0.130. The van der Waals surface area contributed by atoms with Crippen molar-refractivity contribution in [3.8, 4) is 0 Å². The van der Waals surface area contributed by atoms with Crippen LogP contribution in [0.3, 0.4) is 0 Å². The number of hydrogen-bond acceptors (Lipinski definition) is 3. The zero-order valence-corrected chi connectivity index (χ0v) is 5.68. The summed E-state index contributed by atoms with van der Waals surface area (Å²) in [7, 11) is 1.00. The molecule has 0 aromatic heterocycles. The second kappa shape index (κ2) is 4.75. The topological polar surface area (TPSA) is 78.4 Å². The minimum absolute atomic E-state index is 0.121. The lowest BCUT2D eigenvalue weighted by atomic mass is 10.4. The molecule has 0 aromatic carbocycles. The van der Waals surface area contributed by atoms with Crippen molar-refractivity contribution < 1.29 is 14.7 Å². The molecule has 0 unspecified atom stereocenters. The van der Waals surface area contributed by atoms with Gasteiger partial charge in [0.1, 0.15) is 0 Å². The standard InChI is InChI=1S/C4H6N2O2.CH4O/c7-3-1-5-4(8)2-6-3;1-2/h1-2H2,(H,5,8)(H,6,7);2H,1H3. The van der Waals surface area contributed by atoms with Crippen molar-refractivity contribution in [3.63, 3.8) is 0 Å². The summed E-state index contributed by atoms with van der Waals surface area (Å²) in [4.78, 5) is 20.6. The van der Waals surface area contributed by atoms with Gasteiger partial charge in [-0.15, -0.1) is 0 Å².